The second-order valence-electron chi connectivity index (χ2n) is 6.78. The van der Waals surface area contributed by atoms with Gasteiger partial charge in [-0.05, 0) is 55.3 Å². The van der Waals surface area contributed by atoms with Crippen molar-refractivity contribution in [2.45, 2.75) is 19.4 Å². The van der Waals surface area contributed by atoms with Gasteiger partial charge in [0.1, 0.15) is 18.2 Å². The van der Waals surface area contributed by atoms with Gasteiger partial charge in [-0.3, -0.25) is 9.59 Å². The number of hydrogen-bond acceptors (Lipinski definition) is 6. The number of aromatic nitrogens is 2. The molecule has 7 nitrogen and oxygen atoms in total. The van der Waals surface area contributed by atoms with Crippen molar-refractivity contribution in [2.75, 3.05) is 18.4 Å². The number of halogens is 1. The molecule has 2 amide bonds. The van der Waals surface area contributed by atoms with E-state index in [0.717, 1.165) is 37.3 Å². The number of rotatable bonds is 6. The highest BCUT2D eigenvalue weighted by Gasteiger charge is 2.20. The Labute approximate surface area is 176 Å². The van der Waals surface area contributed by atoms with E-state index in [9.17, 15) is 14.0 Å². The van der Waals surface area contributed by atoms with Gasteiger partial charge in [-0.2, -0.15) is 0 Å². The Bertz CT molecular complexity index is 1050. The maximum absolute atomic E-state index is 12.9. The lowest BCUT2D eigenvalue weighted by Gasteiger charge is -2.15. The van der Waals surface area contributed by atoms with E-state index in [0.29, 0.717) is 22.0 Å². The van der Waals surface area contributed by atoms with Crippen molar-refractivity contribution in [1.29, 1.82) is 0 Å². The van der Waals surface area contributed by atoms with Crippen molar-refractivity contribution in [3.63, 3.8) is 0 Å². The number of hydrogen-bond donors (Lipinski definition) is 1. The first-order valence-corrected chi connectivity index (χ1v) is 10.3. The number of amides is 2. The molecule has 1 saturated heterocycles. The Kier molecular flexibility index (Phi) is 5.99. The fourth-order valence-electron chi connectivity index (χ4n) is 3.10. The Morgan fingerprint density at radius 2 is 1.87 bits per heavy atom. The molecule has 0 unspecified atom stereocenters. The van der Waals surface area contributed by atoms with Crippen LogP contribution in [0.3, 0.4) is 0 Å². The lowest BCUT2D eigenvalue weighted by molar-refractivity contribution is 0.0792. The minimum atomic E-state index is -0.411. The van der Waals surface area contributed by atoms with E-state index in [1.165, 1.54) is 24.3 Å². The summed E-state index contributed by atoms with van der Waals surface area (Å²) >= 11 is 1.11. The van der Waals surface area contributed by atoms with Crippen molar-refractivity contribution in [1.82, 2.24) is 15.1 Å². The van der Waals surface area contributed by atoms with Crippen molar-refractivity contribution in [3.05, 3.63) is 69.9 Å². The highest BCUT2D eigenvalue weighted by Crippen LogP contribution is 2.19. The first-order chi connectivity index (χ1) is 14.6. The molecular formula is C21H19FN4O3S. The van der Waals surface area contributed by atoms with Crippen LogP contribution in [-0.4, -0.2) is 40.0 Å². The van der Waals surface area contributed by atoms with E-state index >= 15 is 0 Å². The summed E-state index contributed by atoms with van der Waals surface area (Å²) in [4.78, 5) is 26.8. The fourth-order valence-corrected chi connectivity index (χ4v) is 3.74. The van der Waals surface area contributed by atoms with Gasteiger partial charge in [-0.1, -0.05) is 17.4 Å². The number of likely N-dealkylation sites (tertiary alicyclic amines) is 1. The van der Waals surface area contributed by atoms with Crippen LogP contribution in [0.1, 0.15) is 38.0 Å². The van der Waals surface area contributed by atoms with Crippen LogP contribution in [-0.2, 0) is 6.61 Å². The van der Waals surface area contributed by atoms with Crippen LogP contribution in [0.25, 0.3) is 0 Å². The lowest BCUT2D eigenvalue weighted by atomic mass is 10.1. The molecule has 1 N–H and O–H groups in total. The molecule has 154 valence electrons. The van der Waals surface area contributed by atoms with Crippen LogP contribution < -0.4 is 10.1 Å². The molecule has 1 fully saturated rings. The third kappa shape index (κ3) is 4.80. The Morgan fingerprint density at radius 3 is 2.63 bits per heavy atom. The van der Waals surface area contributed by atoms with Gasteiger partial charge in [0.15, 0.2) is 5.01 Å². The molecule has 2 heterocycles. The second-order valence-corrected chi connectivity index (χ2v) is 7.84. The normalized spacial score (nSPS) is 13.3. The van der Waals surface area contributed by atoms with Gasteiger partial charge < -0.3 is 15.0 Å². The summed E-state index contributed by atoms with van der Waals surface area (Å²) in [6, 6.07) is 12.5. The van der Waals surface area contributed by atoms with Crippen molar-refractivity contribution >= 4 is 28.8 Å². The smallest absolute Gasteiger partial charge is 0.286 e. The van der Waals surface area contributed by atoms with Gasteiger partial charge in [0.2, 0.25) is 5.01 Å². The highest BCUT2D eigenvalue weighted by molar-refractivity contribution is 7.13. The number of nitrogens with one attached hydrogen (secondary N) is 1. The summed E-state index contributed by atoms with van der Waals surface area (Å²) in [5, 5.41) is 11.3. The Balaban J connectivity index is 1.36. The summed E-state index contributed by atoms with van der Waals surface area (Å²) in [5.74, 6) is -0.286. The third-order valence-electron chi connectivity index (χ3n) is 4.60. The Hall–Kier alpha value is -3.33. The van der Waals surface area contributed by atoms with Crippen LogP contribution in [0, 0.1) is 5.82 Å². The van der Waals surface area contributed by atoms with Crippen molar-refractivity contribution in [2.24, 2.45) is 0 Å². The molecule has 1 aliphatic rings. The number of carbonyl (C=O) groups is 2. The molecule has 4 rings (SSSR count). The molecule has 30 heavy (non-hydrogen) atoms. The van der Waals surface area contributed by atoms with Crippen LogP contribution in [0.15, 0.2) is 48.5 Å². The molecule has 1 aliphatic heterocycles. The standard InChI is InChI=1S/C21H19FN4O3S/c22-15-6-8-17(9-7-15)29-13-18-24-25-20(30-18)19(27)23-16-5-3-4-14(12-16)21(28)26-10-1-2-11-26/h3-9,12H,1-2,10-11,13H2,(H,23,27). The SMILES string of the molecule is O=C(Nc1cccc(C(=O)N2CCCC2)c1)c1nnc(COc2ccc(F)cc2)s1. The first-order valence-electron chi connectivity index (χ1n) is 9.50. The monoisotopic (exact) mass is 426 g/mol. The maximum Gasteiger partial charge on any atom is 0.286 e. The number of carbonyl (C=O) groups excluding carboxylic acids is 2. The molecule has 9 heteroatoms. The number of ether oxygens (including phenoxy) is 1. The summed E-state index contributed by atoms with van der Waals surface area (Å²) in [5.41, 5.74) is 1.06. The van der Waals surface area contributed by atoms with Crippen molar-refractivity contribution in [3.8, 4) is 5.75 Å². The first kappa shape index (κ1) is 20.0. The molecule has 1 aromatic heterocycles. The van der Waals surface area contributed by atoms with E-state index in [2.05, 4.69) is 15.5 Å². The van der Waals surface area contributed by atoms with Crippen molar-refractivity contribution < 1.29 is 18.7 Å². The van der Waals surface area contributed by atoms with Gasteiger partial charge in [-0.25, -0.2) is 4.39 Å². The zero-order valence-electron chi connectivity index (χ0n) is 16.0. The van der Waals surface area contributed by atoms with Gasteiger partial charge in [0.05, 0.1) is 0 Å². The van der Waals surface area contributed by atoms with Gasteiger partial charge in [-0.15, -0.1) is 10.2 Å². The average Bonchev–Trinajstić information content (AvgIpc) is 3.45. The molecule has 0 radical (unpaired) electrons. The minimum absolute atomic E-state index is 0.0280. The minimum Gasteiger partial charge on any atom is -0.486 e. The average molecular weight is 426 g/mol. The molecule has 2 aromatic carbocycles. The molecule has 0 bridgehead atoms. The van der Waals surface area contributed by atoms with Gasteiger partial charge in [0.25, 0.3) is 11.8 Å². The predicted octanol–water partition coefficient (Wildman–Crippen LogP) is 3.74. The van der Waals surface area contributed by atoms with E-state index in [-0.39, 0.29) is 23.3 Å². The molecule has 0 atom stereocenters. The summed E-state index contributed by atoms with van der Waals surface area (Å²) < 4.78 is 18.4. The molecule has 3 aromatic rings. The topological polar surface area (TPSA) is 84.4 Å². The largest absolute Gasteiger partial charge is 0.486 e. The van der Waals surface area contributed by atoms with Crippen LogP contribution >= 0.6 is 11.3 Å². The van der Waals surface area contributed by atoms with E-state index in [1.807, 2.05) is 4.90 Å². The van der Waals surface area contributed by atoms with E-state index in [1.54, 1.807) is 24.3 Å². The molecule has 0 saturated carbocycles. The van der Waals surface area contributed by atoms with Gasteiger partial charge >= 0.3 is 0 Å². The zero-order chi connectivity index (χ0) is 20.9. The molecular weight excluding hydrogens is 407 g/mol. The maximum atomic E-state index is 12.9. The summed E-state index contributed by atoms with van der Waals surface area (Å²) in [6.45, 7) is 1.66. The third-order valence-corrected chi connectivity index (χ3v) is 5.49. The summed E-state index contributed by atoms with van der Waals surface area (Å²) in [6.07, 6.45) is 2.04. The lowest BCUT2D eigenvalue weighted by Crippen LogP contribution is -2.27. The zero-order valence-corrected chi connectivity index (χ0v) is 16.8. The fraction of sp³-hybridized carbons (Fsp3) is 0.238. The number of benzene rings is 2. The van der Waals surface area contributed by atoms with E-state index < -0.39 is 5.91 Å². The van der Waals surface area contributed by atoms with Crippen LogP contribution in [0.2, 0.25) is 0 Å². The predicted molar refractivity (Wildman–Crippen MR) is 110 cm³/mol. The Morgan fingerprint density at radius 1 is 1.10 bits per heavy atom. The molecule has 0 aliphatic carbocycles. The second kappa shape index (κ2) is 9.00. The number of nitrogens with zero attached hydrogens (tertiary/aromatic N) is 3. The van der Waals surface area contributed by atoms with Crippen LogP contribution in [0.4, 0.5) is 10.1 Å². The molecule has 0 spiro atoms. The highest BCUT2D eigenvalue weighted by atomic mass is 32.1. The van der Waals surface area contributed by atoms with E-state index in [4.69, 9.17) is 4.74 Å². The quantitative estimate of drug-likeness (QED) is 0.649. The van der Waals surface area contributed by atoms with Gasteiger partial charge in [0, 0.05) is 24.3 Å². The number of anilines is 1. The van der Waals surface area contributed by atoms with Crippen LogP contribution in [0.5, 0.6) is 5.75 Å². The summed E-state index contributed by atoms with van der Waals surface area (Å²) in [7, 11) is 0.